The molecule has 1 heterocycles. The van der Waals surface area contributed by atoms with Crippen molar-refractivity contribution in [2.24, 2.45) is 0 Å². The molecule has 0 saturated carbocycles. The van der Waals surface area contributed by atoms with Gasteiger partial charge in [0.2, 0.25) is 5.52 Å². The first-order valence-corrected chi connectivity index (χ1v) is 7.54. The van der Waals surface area contributed by atoms with Crippen molar-refractivity contribution in [1.29, 1.82) is 0 Å². The number of hydrogen-bond donors (Lipinski definition) is 0. The van der Waals surface area contributed by atoms with Crippen LogP contribution in [-0.2, 0) is 19.1 Å². The largest absolute Gasteiger partial charge is 1.00 e. The second kappa shape index (κ2) is 9.46. The Balaban J connectivity index is 0.00000338. The molecule has 10 heteroatoms. The van der Waals surface area contributed by atoms with E-state index in [9.17, 15) is 24.9 Å². The van der Waals surface area contributed by atoms with Crippen LogP contribution in [0.4, 0.5) is 5.69 Å². The SMILES string of the molecule is CCOC(=O)C(C(=O)OCC)c1c[n+]([O-])c2ccccc2c1[N+](=O)[O-].[Na+]. The predicted octanol–water partition coefficient (Wildman–Crippen LogP) is -1.40. The van der Waals surface area contributed by atoms with Crippen molar-refractivity contribution < 1.29 is 58.3 Å². The predicted molar refractivity (Wildman–Crippen MR) is 85.6 cm³/mol. The van der Waals surface area contributed by atoms with Gasteiger partial charge < -0.3 is 14.7 Å². The Bertz CT molecular complexity index is 823. The Hall–Kier alpha value is -2.23. The van der Waals surface area contributed by atoms with Crippen LogP contribution in [0.5, 0.6) is 0 Å². The van der Waals surface area contributed by atoms with E-state index < -0.39 is 28.5 Å². The summed E-state index contributed by atoms with van der Waals surface area (Å²) in [5.41, 5.74) is -0.825. The molecule has 9 nitrogen and oxygen atoms in total. The summed E-state index contributed by atoms with van der Waals surface area (Å²) in [6.45, 7) is 2.99. The van der Waals surface area contributed by atoms with Gasteiger partial charge in [0, 0.05) is 6.07 Å². The Labute approximate surface area is 170 Å². The third-order valence-corrected chi connectivity index (χ3v) is 3.46. The summed E-state index contributed by atoms with van der Waals surface area (Å²) < 4.78 is 10.1. The van der Waals surface area contributed by atoms with Crippen LogP contribution < -0.4 is 34.3 Å². The van der Waals surface area contributed by atoms with Crippen molar-refractivity contribution in [3.63, 3.8) is 0 Å². The zero-order valence-electron chi connectivity index (χ0n) is 14.6. The van der Waals surface area contributed by atoms with E-state index >= 15 is 0 Å². The number of nitro groups is 1. The molecule has 0 unspecified atom stereocenters. The van der Waals surface area contributed by atoms with E-state index in [1.165, 1.54) is 32.0 Å². The van der Waals surface area contributed by atoms with Gasteiger partial charge in [-0.3, -0.25) is 19.7 Å². The summed E-state index contributed by atoms with van der Waals surface area (Å²) in [5, 5.41) is 23.8. The number of ether oxygens (including phenoxy) is 2. The molecule has 2 aromatic rings. The van der Waals surface area contributed by atoms with Crippen molar-refractivity contribution >= 4 is 28.5 Å². The Kier molecular flexibility index (Phi) is 7.94. The van der Waals surface area contributed by atoms with Crippen LogP contribution in [0, 0.1) is 15.3 Å². The molecule has 0 atom stereocenters. The summed E-state index contributed by atoms with van der Waals surface area (Å²) in [6.07, 6.45) is 0.846. The molecule has 0 aliphatic rings. The normalized spacial score (nSPS) is 10.3. The number of benzene rings is 1. The first-order chi connectivity index (χ1) is 11.9. The number of carbonyl (C=O) groups is 2. The molecule has 0 fully saturated rings. The zero-order valence-corrected chi connectivity index (χ0v) is 16.6. The molecule has 132 valence electrons. The van der Waals surface area contributed by atoms with Crippen molar-refractivity contribution in [2.45, 2.75) is 19.8 Å². The maximum Gasteiger partial charge on any atom is 1.00 e. The number of fused-ring (bicyclic) bond motifs is 1. The zero-order chi connectivity index (χ0) is 18.6. The maximum atomic E-state index is 12.2. The van der Waals surface area contributed by atoms with E-state index in [1.807, 2.05) is 0 Å². The van der Waals surface area contributed by atoms with Gasteiger partial charge in [-0.2, -0.15) is 4.73 Å². The van der Waals surface area contributed by atoms with Gasteiger partial charge in [0.05, 0.1) is 18.1 Å². The van der Waals surface area contributed by atoms with Crippen LogP contribution in [0.25, 0.3) is 10.9 Å². The standard InChI is InChI=1S/C16H16N2O7.Na/c1-3-24-15(19)13(16(20)25-4-2)11-9-17(21)12-8-6-5-7-10(12)14(11)18(22)23;/h5-9,13H,3-4H2,1-2H3;/q;+1. The molecule has 26 heavy (non-hydrogen) atoms. The van der Waals surface area contributed by atoms with Gasteiger partial charge >= 0.3 is 41.5 Å². The number of esters is 2. The monoisotopic (exact) mass is 371 g/mol. The molecule has 0 spiro atoms. The molecule has 0 aliphatic carbocycles. The van der Waals surface area contributed by atoms with Gasteiger partial charge in [0.1, 0.15) is 10.9 Å². The van der Waals surface area contributed by atoms with Crippen molar-refractivity contribution in [1.82, 2.24) is 0 Å². The quantitative estimate of drug-likeness (QED) is 0.116. The summed E-state index contributed by atoms with van der Waals surface area (Å²) >= 11 is 0. The second-order valence-corrected chi connectivity index (χ2v) is 4.97. The fourth-order valence-electron chi connectivity index (χ4n) is 2.49. The average Bonchev–Trinajstić information content (AvgIpc) is 2.55. The fraction of sp³-hybridized carbons (Fsp3) is 0.312. The summed E-state index contributed by atoms with van der Waals surface area (Å²) in [4.78, 5) is 35.3. The molecule has 0 aliphatic heterocycles. The minimum absolute atomic E-state index is 0. The van der Waals surface area contributed by atoms with Crippen molar-refractivity contribution in [2.75, 3.05) is 13.2 Å². The van der Waals surface area contributed by atoms with Crippen LogP contribution in [0.2, 0.25) is 0 Å². The molecule has 0 radical (unpaired) electrons. The van der Waals surface area contributed by atoms with Gasteiger partial charge in [-0.25, -0.2) is 0 Å². The number of rotatable bonds is 6. The third kappa shape index (κ3) is 4.29. The Morgan fingerprint density at radius 2 is 1.69 bits per heavy atom. The first-order valence-electron chi connectivity index (χ1n) is 7.54. The Morgan fingerprint density at radius 3 is 2.19 bits per heavy atom. The second-order valence-electron chi connectivity index (χ2n) is 4.97. The maximum absolute atomic E-state index is 12.2. The van der Waals surface area contributed by atoms with Crippen LogP contribution in [0.1, 0.15) is 25.3 Å². The minimum atomic E-state index is -1.72. The van der Waals surface area contributed by atoms with E-state index in [4.69, 9.17) is 9.47 Å². The smallest absolute Gasteiger partial charge is 0.618 e. The van der Waals surface area contributed by atoms with E-state index in [0.717, 1.165) is 6.20 Å². The molecule has 1 aromatic carbocycles. The molecule has 0 N–H and O–H groups in total. The number of pyridine rings is 1. The van der Waals surface area contributed by atoms with Crippen LogP contribution in [-0.4, -0.2) is 30.1 Å². The van der Waals surface area contributed by atoms with E-state index in [1.54, 1.807) is 6.07 Å². The number of hydrogen-bond acceptors (Lipinski definition) is 7. The number of nitrogens with zero attached hydrogens (tertiary/aromatic N) is 2. The molecular weight excluding hydrogens is 355 g/mol. The summed E-state index contributed by atoms with van der Waals surface area (Å²) in [7, 11) is 0. The van der Waals surface area contributed by atoms with Crippen molar-refractivity contribution in [3.05, 3.63) is 51.3 Å². The van der Waals surface area contributed by atoms with Gasteiger partial charge in [0.15, 0.2) is 12.1 Å². The molecule has 0 bridgehead atoms. The van der Waals surface area contributed by atoms with Gasteiger partial charge in [0.25, 0.3) is 5.69 Å². The van der Waals surface area contributed by atoms with E-state index in [0.29, 0.717) is 4.73 Å². The van der Waals surface area contributed by atoms with Crippen molar-refractivity contribution in [3.8, 4) is 0 Å². The number of aromatic nitrogens is 1. The molecule has 2 rings (SSSR count). The van der Waals surface area contributed by atoms with Crippen LogP contribution in [0.15, 0.2) is 30.5 Å². The number of para-hydroxylation sites is 1. The molecule has 1 aromatic heterocycles. The van der Waals surface area contributed by atoms with Gasteiger partial charge in [-0.1, -0.05) is 12.1 Å². The van der Waals surface area contributed by atoms with Crippen LogP contribution >= 0.6 is 0 Å². The summed E-state index contributed by atoms with van der Waals surface area (Å²) in [5.74, 6) is -3.75. The topological polar surface area (TPSA) is 123 Å². The minimum Gasteiger partial charge on any atom is -0.618 e. The van der Waals surface area contributed by atoms with E-state index in [-0.39, 0.29) is 59.2 Å². The van der Waals surface area contributed by atoms with Crippen LogP contribution in [0.3, 0.4) is 0 Å². The van der Waals surface area contributed by atoms with E-state index in [2.05, 4.69) is 0 Å². The molecular formula is C16H16N2NaO7+. The average molecular weight is 371 g/mol. The molecule has 0 amide bonds. The van der Waals surface area contributed by atoms with Gasteiger partial charge in [-0.15, -0.1) is 0 Å². The summed E-state index contributed by atoms with van der Waals surface area (Å²) in [6, 6.07) is 5.85. The number of carbonyl (C=O) groups excluding carboxylic acids is 2. The first kappa shape index (κ1) is 21.8. The van der Waals surface area contributed by atoms with Gasteiger partial charge in [-0.05, 0) is 19.9 Å². The Morgan fingerprint density at radius 1 is 1.15 bits per heavy atom. The molecule has 0 saturated heterocycles. The third-order valence-electron chi connectivity index (χ3n) is 3.46. The fourth-order valence-corrected chi connectivity index (χ4v) is 2.49.